The molecule has 0 spiro atoms. The quantitative estimate of drug-likeness (QED) is 0.525. The van der Waals surface area contributed by atoms with E-state index in [9.17, 15) is 0 Å². The van der Waals surface area contributed by atoms with Crippen LogP contribution in [0.2, 0.25) is 0 Å². The molecule has 0 aliphatic heterocycles. The van der Waals surface area contributed by atoms with Gasteiger partial charge in [0, 0.05) is 0 Å². The SMILES string of the molecule is C=C(CC)CCC(=C)C1=CC=C(CC)CC1. The number of allylic oxidation sites excluding steroid dienone is 6. The van der Waals surface area contributed by atoms with E-state index in [2.05, 4.69) is 39.2 Å². The molecule has 0 radical (unpaired) electrons. The highest BCUT2D eigenvalue weighted by molar-refractivity contribution is 5.36. The Hall–Kier alpha value is -1.04. The zero-order chi connectivity index (χ0) is 12.0. The molecule has 0 heterocycles. The Morgan fingerprint density at radius 1 is 1.12 bits per heavy atom. The molecule has 16 heavy (non-hydrogen) atoms. The van der Waals surface area contributed by atoms with Crippen molar-refractivity contribution in [2.24, 2.45) is 0 Å². The topological polar surface area (TPSA) is 0 Å². The Balaban J connectivity index is 2.47. The number of hydrogen-bond acceptors (Lipinski definition) is 0. The Morgan fingerprint density at radius 2 is 1.88 bits per heavy atom. The molecule has 0 atom stereocenters. The van der Waals surface area contributed by atoms with Gasteiger partial charge in [-0.2, -0.15) is 0 Å². The summed E-state index contributed by atoms with van der Waals surface area (Å²) in [6, 6.07) is 0. The van der Waals surface area contributed by atoms with Crippen LogP contribution in [0.15, 0.2) is 47.6 Å². The fourth-order valence-corrected chi connectivity index (χ4v) is 1.93. The predicted octanol–water partition coefficient (Wildman–Crippen LogP) is 5.35. The van der Waals surface area contributed by atoms with Gasteiger partial charge in [0.25, 0.3) is 0 Å². The Kier molecular flexibility index (Phi) is 5.31. The van der Waals surface area contributed by atoms with Crippen molar-refractivity contribution in [2.45, 2.75) is 52.4 Å². The minimum absolute atomic E-state index is 1.08. The smallest absolute Gasteiger partial charge is 0.0239 e. The molecule has 0 nitrogen and oxygen atoms in total. The zero-order valence-corrected chi connectivity index (χ0v) is 10.8. The van der Waals surface area contributed by atoms with Crippen LogP contribution in [0.4, 0.5) is 0 Å². The highest BCUT2D eigenvalue weighted by Crippen LogP contribution is 2.27. The van der Waals surface area contributed by atoms with Gasteiger partial charge in [0.15, 0.2) is 0 Å². The van der Waals surface area contributed by atoms with Gasteiger partial charge in [0.05, 0.1) is 0 Å². The summed E-state index contributed by atoms with van der Waals surface area (Å²) in [6.45, 7) is 12.6. The van der Waals surface area contributed by atoms with Gasteiger partial charge in [-0.3, -0.25) is 0 Å². The van der Waals surface area contributed by atoms with Crippen LogP contribution in [0.1, 0.15) is 52.4 Å². The molecule has 1 aliphatic rings. The van der Waals surface area contributed by atoms with Crippen molar-refractivity contribution in [3.63, 3.8) is 0 Å². The second kappa shape index (κ2) is 6.52. The molecule has 0 aromatic carbocycles. The van der Waals surface area contributed by atoms with E-state index in [0.29, 0.717) is 0 Å². The van der Waals surface area contributed by atoms with Crippen molar-refractivity contribution >= 4 is 0 Å². The molecular weight excluding hydrogens is 192 g/mol. The monoisotopic (exact) mass is 216 g/mol. The highest BCUT2D eigenvalue weighted by atomic mass is 14.1. The summed E-state index contributed by atoms with van der Waals surface area (Å²) in [7, 11) is 0. The van der Waals surface area contributed by atoms with Crippen LogP contribution in [0.5, 0.6) is 0 Å². The first-order valence-electron chi connectivity index (χ1n) is 6.40. The summed E-state index contributed by atoms with van der Waals surface area (Å²) in [6.07, 6.45) is 11.4. The fraction of sp³-hybridized carbons (Fsp3) is 0.500. The summed E-state index contributed by atoms with van der Waals surface area (Å²) in [5.74, 6) is 0. The largest absolute Gasteiger partial charge is 0.0999 e. The van der Waals surface area contributed by atoms with Crippen molar-refractivity contribution in [2.75, 3.05) is 0 Å². The van der Waals surface area contributed by atoms with Crippen molar-refractivity contribution in [3.05, 3.63) is 47.6 Å². The van der Waals surface area contributed by atoms with Crippen LogP contribution in [-0.2, 0) is 0 Å². The Labute approximate surface area is 100 Å². The first-order valence-corrected chi connectivity index (χ1v) is 6.40. The first kappa shape index (κ1) is 13.0. The Morgan fingerprint density at radius 3 is 2.38 bits per heavy atom. The normalized spacial score (nSPS) is 15.4. The van der Waals surface area contributed by atoms with E-state index in [-0.39, 0.29) is 0 Å². The summed E-state index contributed by atoms with van der Waals surface area (Å²) in [4.78, 5) is 0. The number of rotatable bonds is 6. The number of hydrogen-bond donors (Lipinski definition) is 0. The third-order valence-electron chi connectivity index (χ3n) is 3.42. The standard InChI is InChI=1S/C16H24/c1-5-13(3)7-8-14(4)16-11-9-15(6-2)10-12-16/h9,11H,3-8,10,12H2,1-2H3. The summed E-state index contributed by atoms with van der Waals surface area (Å²) < 4.78 is 0. The fourth-order valence-electron chi connectivity index (χ4n) is 1.93. The van der Waals surface area contributed by atoms with E-state index in [0.717, 1.165) is 19.3 Å². The van der Waals surface area contributed by atoms with Crippen LogP contribution in [0.3, 0.4) is 0 Å². The highest BCUT2D eigenvalue weighted by Gasteiger charge is 2.08. The summed E-state index contributed by atoms with van der Waals surface area (Å²) in [5, 5.41) is 0. The lowest BCUT2D eigenvalue weighted by Gasteiger charge is -2.16. The van der Waals surface area contributed by atoms with Crippen molar-refractivity contribution in [1.29, 1.82) is 0 Å². The molecule has 0 saturated carbocycles. The molecule has 1 rings (SSSR count). The van der Waals surface area contributed by atoms with Gasteiger partial charge in [-0.05, 0) is 44.1 Å². The maximum atomic E-state index is 4.20. The molecule has 0 amide bonds. The first-order chi connectivity index (χ1) is 7.67. The van der Waals surface area contributed by atoms with Crippen molar-refractivity contribution in [3.8, 4) is 0 Å². The molecule has 0 heteroatoms. The molecule has 0 N–H and O–H groups in total. The van der Waals surface area contributed by atoms with Gasteiger partial charge in [0.2, 0.25) is 0 Å². The average Bonchev–Trinajstić information content (AvgIpc) is 2.35. The van der Waals surface area contributed by atoms with Gasteiger partial charge >= 0.3 is 0 Å². The van der Waals surface area contributed by atoms with E-state index in [1.807, 2.05) is 0 Å². The lowest BCUT2D eigenvalue weighted by molar-refractivity contribution is 0.827. The minimum atomic E-state index is 1.08. The molecule has 0 unspecified atom stereocenters. The average molecular weight is 216 g/mol. The Bertz CT molecular complexity index is 326. The van der Waals surface area contributed by atoms with Gasteiger partial charge in [-0.1, -0.05) is 55.9 Å². The zero-order valence-electron chi connectivity index (χ0n) is 10.8. The molecule has 0 saturated heterocycles. The lowest BCUT2D eigenvalue weighted by Crippen LogP contribution is -1.96. The van der Waals surface area contributed by atoms with Crippen molar-refractivity contribution < 1.29 is 0 Å². The van der Waals surface area contributed by atoms with Crippen LogP contribution in [-0.4, -0.2) is 0 Å². The van der Waals surface area contributed by atoms with E-state index < -0.39 is 0 Å². The van der Waals surface area contributed by atoms with Gasteiger partial charge in [0.1, 0.15) is 0 Å². The lowest BCUT2D eigenvalue weighted by atomic mass is 9.90. The molecule has 0 aromatic rings. The minimum Gasteiger partial charge on any atom is -0.0999 e. The molecular formula is C16H24. The second-order valence-corrected chi connectivity index (χ2v) is 4.58. The molecule has 1 aliphatic carbocycles. The summed E-state index contributed by atoms with van der Waals surface area (Å²) >= 11 is 0. The van der Waals surface area contributed by atoms with Gasteiger partial charge < -0.3 is 0 Å². The maximum Gasteiger partial charge on any atom is -0.0239 e. The molecule has 0 fully saturated rings. The molecule has 88 valence electrons. The third-order valence-corrected chi connectivity index (χ3v) is 3.42. The molecule has 0 aromatic heterocycles. The van der Waals surface area contributed by atoms with Gasteiger partial charge in [-0.25, -0.2) is 0 Å². The van der Waals surface area contributed by atoms with Crippen LogP contribution in [0, 0.1) is 0 Å². The van der Waals surface area contributed by atoms with E-state index >= 15 is 0 Å². The van der Waals surface area contributed by atoms with Gasteiger partial charge in [-0.15, -0.1) is 0 Å². The van der Waals surface area contributed by atoms with E-state index in [1.165, 1.54) is 36.0 Å². The predicted molar refractivity (Wildman–Crippen MR) is 73.5 cm³/mol. The van der Waals surface area contributed by atoms with Crippen molar-refractivity contribution in [1.82, 2.24) is 0 Å². The maximum absolute atomic E-state index is 4.20. The third kappa shape index (κ3) is 3.84. The van der Waals surface area contributed by atoms with E-state index in [1.54, 1.807) is 5.57 Å². The van der Waals surface area contributed by atoms with Crippen LogP contribution < -0.4 is 0 Å². The second-order valence-electron chi connectivity index (χ2n) is 4.58. The summed E-state index contributed by atoms with van der Waals surface area (Å²) in [5.41, 5.74) is 5.65. The molecule has 0 bridgehead atoms. The van der Waals surface area contributed by atoms with Crippen LogP contribution in [0.25, 0.3) is 0 Å². The van der Waals surface area contributed by atoms with Crippen LogP contribution >= 0.6 is 0 Å². The van der Waals surface area contributed by atoms with E-state index in [4.69, 9.17) is 0 Å².